The number of piperidine rings is 1. The van der Waals surface area contributed by atoms with E-state index in [0.29, 0.717) is 28.8 Å². The second-order valence-electron chi connectivity index (χ2n) is 6.27. The van der Waals surface area contributed by atoms with Gasteiger partial charge in [-0.3, -0.25) is 4.79 Å². The first-order valence-corrected chi connectivity index (χ1v) is 8.48. The van der Waals surface area contributed by atoms with Crippen LogP contribution in [0.15, 0.2) is 28.9 Å². The number of oxazole rings is 1. The zero-order chi connectivity index (χ0) is 17.2. The van der Waals surface area contributed by atoms with Crippen LogP contribution in [0.3, 0.4) is 0 Å². The van der Waals surface area contributed by atoms with Crippen molar-refractivity contribution in [2.45, 2.75) is 38.8 Å². The highest BCUT2D eigenvalue weighted by molar-refractivity contribution is 5.92. The first-order valence-electron chi connectivity index (χ1n) is 8.48. The number of hydrogen-bond donors (Lipinski definition) is 0. The van der Waals surface area contributed by atoms with Crippen LogP contribution in [0.25, 0.3) is 0 Å². The van der Waals surface area contributed by atoms with Gasteiger partial charge in [0.25, 0.3) is 5.91 Å². The molecule has 1 fully saturated rings. The predicted molar refractivity (Wildman–Crippen MR) is 87.7 cm³/mol. The summed E-state index contributed by atoms with van der Waals surface area (Å²) in [5.41, 5.74) is 0.332. The summed E-state index contributed by atoms with van der Waals surface area (Å²) in [7, 11) is 0. The lowest BCUT2D eigenvalue weighted by atomic mass is 10.0. The number of ether oxygens (including phenoxy) is 3. The van der Waals surface area contributed by atoms with E-state index in [9.17, 15) is 4.79 Å². The molecule has 1 amide bonds. The fraction of sp³-hybridized carbons (Fsp3) is 0.444. The van der Waals surface area contributed by atoms with Gasteiger partial charge < -0.3 is 23.5 Å². The molecule has 2 aromatic rings. The number of aromatic nitrogens is 1. The maximum absolute atomic E-state index is 12.6. The van der Waals surface area contributed by atoms with Crippen molar-refractivity contribution in [1.82, 2.24) is 9.88 Å². The molecule has 2 aliphatic rings. The molecule has 0 radical (unpaired) electrons. The van der Waals surface area contributed by atoms with Crippen LogP contribution in [0.5, 0.6) is 17.2 Å². The number of carbonyl (C=O) groups excluding carboxylic acids is 1. The van der Waals surface area contributed by atoms with Crippen molar-refractivity contribution in [2.75, 3.05) is 13.3 Å². The smallest absolute Gasteiger partial charge is 0.276 e. The van der Waals surface area contributed by atoms with Crippen molar-refractivity contribution < 1.29 is 23.4 Å². The van der Waals surface area contributed by atoms with Crippen molar-refractivity contribution in [3.63, 3.8) is 0 Å². The Balaban J connectivity index is 1.39. The summed E-state index contributed by atoms with van der Waals surface area (Å²) in [5.74, 6) is 2.27. The van der Waals surface area contributed by atoms with Crippen molar-refractivity contribution in [3.05, 3.63) is 36.0 Å². The Labute approximate surface area is 145 Å². The van der Waals surface area contributed by atoms with E-state index >= 15 is 0 Å². The summed E-state index contributed by atoms with van der Waals surface area (Å²) in [5, 5.41) is 0. The van der Waals surface area contributed by atoms with E-state index in [-0.39, 0.29) is 25.3 Å². The molecule has 1 saturated heterocycles. The fourth-order valence-corrected chi connectivity index (χ4v) is 3.13. The Morgan fingerprint density at radius 3 is 3.08 bits per heavy atom. The lowest BCUT2D eigenvalue weighted by Crippen LogP contribution is -2.42. The first kappa shape index (κ1) is 15.8. The molecular weight excluding hydrogens is 324 g/mol. The predicted octanol–water partition coefficient (Wildman–Crippen LogP) is 3.00. The number of fused-ring (bicyclic) bond motifs is 1. The molecule has 0 bridgehead atoms. The van der Waals surface area contributed by atoms with Gasteiger partial charge in [0.1, 0.15) is 12.0 Å². The molecule has 1 unspecified atom stereocenters. The van der Waals surface area contributed by atoms with Gasteiger partial charge >= 0.3 is 0 Å². The monoisotopic (exact) mass is 344 g/mol. The normalized spacial score (nSPS) is 19.1. The second kappa shape index (κ2) is 6.66. The third-order valence-corrected chi connectivity index (χ3v) is 4.54. The summed E-state index contributed by atoms with van der Waals surface area (Å²) < 4.78 is 21.6. The minimum absolute atomic E-state index is 0.0784. The number of benzene rings is 1. The van der Waals surface area contributed by atoms with Gasteiger partial charge in [0.2, 0.25) is 12.7 Å². The molecule has 7 heteroatoms. The van der Waals surface area contributed by atoms with Crippen LogP contribution in [0, 0.1) is 0 Å². The molecular formula is C18H20N2O5. The van der Waals surface area contributed by atoms with Crippen molar-refractivity contribution in [2.24, 2.45) is 0 Å². The molecule has 1 aromatic carbocycles. The molecule has 2 aliphatic heterocycles. The van der Waals surface area contributed by atoms with Crippen LogP contribution in [-0.2, 0) is 6.61 Å². The van der Waals surface area contributed by atoms with Gasteiger partial charge in [0.05, 0.1) is 0 Å². The molecule has 0 spiro atoms. The third-order valence-electron chi connectivity index (χ3n) is 4.54. The molecule has 25 heavy (non-hydrogen) atoms. The van der Waals surface area contributed by atoms with Gasteiger partial charge in [-0.1, -0.05) is 0 Å². The number of carbonyl (C=O) groups is 1. The summed E-state index contributed by atoms with van der Waals surface area (Å²) in [6.45, 7) is 3.21. The average Bonchev–Trinajstić information content (AvgIpc) is 3.28. The summed E-state index contributed by atoms with van der Waals surface area (Å²) in [6.07, 6.45) is 4.64. The zero-order valence-corrected chi connectivity index (χ0v) is 14.1. The number of nitrogens with zero attached hydrogens (tertiary/aromatic N) is 2. The number of rotatable bonds is 4. The van der Waals surface area contributed by atoms with Gasteiger partial charge in [-0.2, -0.15) is 0 Å². The highest BCUT2D eigenvalue weighted by Crippen LogP contribution is 2.35. The largest absolute Gasteiger partial charge is 0.484 e. The maximum atomic E-state index is 12.6. The molecule has 0 saturated carbocycles. The Morgan fingerprint density at radius 1 is 1.32 bits per heavy atom. The van der Waals surface area contributed by atoms with Gasteiger partial charge in [-0.05, 0) is 38.3 Å². The minimum atomic E-state index is -0.0784. The molecule has 132 valence electrons. The topological polar surface area (TPSA) is 74.0 Å². The molecule has 7 nitrogen and oxygen atoms in total. The van der Waals surface area contributed by atoms with Crippen LogP contribution in [-0.4, -0.2) is 35.2 Å². The van der Waals surface area contributed by atoms with Crippen LogP contribution in [0.4, 0.5) is 0 Å². The van der Waals surface area contributed by atoms with Gasteiger partial charge in [0.15, 0.2) is 23.8 Å². The molecule has 0 N–H and O–H groups in total. The Hall–Kier alpha value is -2.70. The molecule has 4 rings (SSSR count). The van der Waals surface area contributed by atoms with Crippen LogP contribution in [0.2, 0.25) is 0 Å². The van der Waals surface area contributed by atoms with Crippen LogP contribution < -0.4 is 14.2 Å². The number of amides is 1. The highest BCUT2D eigenvalue weighted by Gasteiger charge is 2.26. The quantitative estimate of drug-likeness (QED) is 0.849. The van der Waals surface area contributed by atoms with E-state index in [1.807, 2.05) is 4.90 Å². The van der Waals surface area contributed by atoms with E-state index in [1.165, 1.54) is 12.7 Å². The van der Waals surface area contributed by atoms with Gasteiger partial charge in [0, 0.05) is 18.7 Å². The highest BCUT2D eigenvalue weighted by atomic mass is 16.7. The van der Waals surface area contributed by atoms with Crippen LogP contribution >= 0.6 is 0 Å². The zero-order valence-electron chi connectivity index (χ0n) is 14.1. The Morgan fingerprint density at radius 2 is 2.20 bits per heavy atom. The van der Waals surface area contributed by atoms with E-state index in [0.717, 1.165) is 19.4 Å². The minimum Gasteiger partial charge on any atom is -0.484 e. The van der Waals surface area contributed by atoms with Crippen molar-refractivity contribution in [1.29, 1.82) is 0 Å². The lowest BCUT2D eigenvalue weighted by molar-refractivity contribution is 0.0629. The van der Waals surface area contributed by atoms with Crippen molar-refractivity contribution in [3.8, 4) is 17.2 Å². The molecule has 0 aliphatic carbocycles. The van der Waals surface area contributed by atoms with E-state index in [1.54, 1.807) is 18.2 Å². The van der Waals surface area contributed by atoms with E-state index < -0.39 is 0 Å². The Bertz CT molecular complexity index is 773. The van der Waals surface area contributed by atoms with Crippen LogP contribution in [0.1, 0.15) is 42.6 Å². The standard InChI is InChI=1S/C18H20N2O5/c1-12-4-2-3-7-20(12)18(21)14-9-23-17(19-14)10-22-13-5-6-15-16(8-13)25-11-24-15/h5-6,8-9,12H,2-4,7,10-11H2,1H3. The first-order chi connectivity index (χ1) is 12.2. The SMILES string of the molecule is CC1CCCCN1C(=O)c1coc(COc2ccc3c(c2)OCO3)n1. The molecule has 1 atom stereocenters. The summed E-state index contributed by atoms with van der Waals surface area (Å²) in [6, 6.07) is 5.58. The fourth-order valence-electron chi connectivity index (χ4n) is 3.13. The maximum Gasteiger partial charge on any atom is 0.276 e. The van der Waals surface area contributed by atoms with E-state index in [4.69, 9.17) is 18.6 Å². The summed E-state index contributed by atoms with van der Waals surface area (Å²) in [4.78, 5) is 18.7. The molecule has 1 aromatic heterocycles. The number of likely N-dealkylation sites (tertiary alicyclic amines) is 1. The lowest BCUT2D eigenvalue weighted by Gasteiger charge is -2.32. The Kier molecular flexibility index (Phi) is 4.21. The summed E-state index contributed by atoms with van der Waals surface area (Å²) >= 11 is 0. The van der Waals surface area contributed by atoms with E-state index in [2.05, 4.69) is 11.9 Å². The van der Waals surface area contributed by atoms with Gasteiger partial charge in [-0.25, -0.2) is 4.98 Å². The van der Waals surface area contributed by atoms with Crippen molar-refractivity contribution >= 4 is 5.91 Å². The molecule has 3 heterocycles. The second-order valence-corrected chi connectivity index (χ2v) is 6.27. The van der Waals surface area contributed by atoms with Gasteiger partial charge in [-0.15, -0.1) is 0 Å². The average molecular weight is 344 g/mol. The number of hydrogen-bond acceptors (Lipinski definition) is 6. The third kappa shape index (κ3) is 3.26.